The first kappa shape index (κ1) is 16.3. The number of nitrogens with zero attached hydrogens (tertiary/aromatic N) is 2. The van der Waals surface area contributed by atoms with Crippen molar-refractivity contribution >= 4 is 0 Å². The second kappa shape index (κ2) is 7.78. The van der Waals surface area contributed by atoms with Gasteiger partial charge in [0.25, 0.3) is 0 Å². The number of piperidine rings is 1. The summed E-state index contributed by atoms with van der Waals surface area (Å²) < 4.78 is 5.80. The van der Waals surface area contributed by atoms with Crippen molar-refractivity contribution in [1.82, 2.24) is 9.80 Å². The summed E-state index contributed by atoms with van der Waals surface area (Å²) in [6.45, 7) is 5.91. The van der Waals surface area contributed by atoms with Crippen LogP contribution in [0.4, 0.5) is 0 Å². The molecule has 1 fully saturated rings. The smallest absolute Gasteiger partial charge is 0.120 e. The fourth-order valence-corrected chi connectivity index (χ4v) is 2.85. The molecule has 0 spiro atoms. The van der Waals surface area contributed by atoms with Crippen LogP contribution in [0.25, 0.3) is 0 Å². The van der Waals surface area contributed by atoms with E-state index in [2.05, 4.69) is 42.1 Å². The second-order valence-corrected chi connectivity index (χ2v) is 6.26. The molecular weight excluding hydrogens is 262 g/mol. The highest BCUT2D eigenvalue weighted by Crippen LogP contribution is 2.19. The Bertz CT molecular complexity index is 430. The number of hydrogen-bond donors (Lipinski definition) is 1. The monoisotopic (exact) mass is 291 g/mol. The third-order valence-electron chi connectivity index (χ3n) is 4.31. The molecule has 1 aliphatic heterocycles. The molecule has 0 radical (unpaired) electrons. The van der Waals surface area contributed by atoms with Gasteiger partial charge in [0, 0.05) is 19.1 Å². The highest BCUT2D eigenvalue weighted by molar-refractivity contribution is 5.28. The number of likely N-dealkylation sites (tertiary alicyclic amines) is 1. The van der Waals surface area contributed by atoms with Crippen molar-refractivity contribution in [2.75, 3.05) is 33.7 Å². The second-order valence-electron chi connectivity index (χ2n) is 6.26. The maximum atomic E-state index is 5.80. The lowest BCUT2D eigenvalue weighted by atomic mass is 10.0. The summed E-state index contributed by atoms with van der Waals surface area (Å²) in [5, 5.41) is 0. The van der Waals surface area contributed by atoms with Gasteiger partial charge in [-0.15, -0.1) is 0 Å². The first-order valence-corrected chi connectivity index (χ1v) is 7.93. The molecule has 0 amide bonds. The molecule has 21 heavy (non-hydrogen) atoms. The SMILES string of the molecule is CC(CN)Oc1cccc(CN(C)C2CCN(C)CC2)c1. The van der Waals surface area contributed by atoms with E-state index < -0.39 is 0 Å². The van der Waals surface area contributed by atoms with Crippen LogP contribution in [-0.2, 0) is 6.54 Å². The van der Waals surface area contributed by atoms with Gasteiger partial charge >= 0.3 is 0 Å². The molecule has 118 valence electrons. The van der Waals surface area contributed by atoms with Gasteiger partial charge in [-0.25, -0.2) is 0 Å². The van der Waals surface area contributed by atoms with Gasteiger partial charge in [-0.1, -0.05) is 12.1 Å². The minimum absolute atomic E-state index is 0.0619. The van der Waals surface area contributed by atoms with Crippen LogP contribution in [0, 0.1) is 0 Å². The maximum Gasteiger partial charge on any atom is 0.120 e. The van der Waals surface area contributed by atoms with Crippen molar-refractivity contribution in [2.24, 2.45) is 5.73 Å². The zero-order valence-corrected chi connectivity index (χ0v) is 13.6. The summed E-state index contributed by atoms with van der Waals surface area (Å²) in [6, 6.07) is 9.07. The maximum absolute atomic E-state index is 5.80. The zero-order chi connectivity index (χ0) is 15.2. The molecule has 1 aromatic carbocycles. The van der Waals surface area contributed by atoms with E-state index in [1.807, 2.05) is 13.0 Å². The quantitative estimate of drug-likeness (QED) is 0.870. The van der Waals surface area contributed by atoms with Gasteiger partial charge in [-0.05, 0) is 64.6 Å². The molecule has 1 unspecified atom stereocenters. The van der Waals surface area contributed by atoms with Crippen molar-refractivity contribution in [2.45, 2.75) is 38.5 Å². The lowest BCUT2D eigenvalue weighted by Gasteiger charge is -2.35. The highest BCUT2D eigenvalue weighted by Gasteiger charge is 2.20. The molecule has 4 heteroatoms. The van der Waals surface area contributed by atoms with Crippen LogP contribution in [0.3, 0.4) is 0 Å². The van der Waals surface area contributed by atoms with Gasteiger partial charge < -0.3 is 15.4 Å². The van der Waals surface area contributed by atoms with Crippen molar-refractivity contribution in [3.05, 3.63) is 29.8 Å². The Balaban J connectivity index is 1.91. The summed E-state index contributed by atoms with van der Waals surface area (Å²) in [6.07, 6.45) is 2.58. The number of nitrogens with two attached hydrogens (primary N) is 1. The lowest BCUT2D eigenvalue weighted by molar-refractivity contribution is 0.139. The van der Waals surface area contributed by atoms with Crippen LogP contribution >= 0.6 is 0 Å². The fourth-order valence-electron chi connectivity index (χ4n) is 2.85. The molecule has 0 saturated carbocycles. The third kappa shape index (κ3) is 4.99. The predicted molar refractivity (Wildman–Crippen MR) is 87.6 cm³/mol. The van der Waals surface area contributed by atoms with Crippen LogP contribution in [0.1, 0.15) is 25.3 Å². The normalized spacial score (nSPS) is 18.9. The minimum Gasteiger partial charge on any atom is -0.489 e. The highest BCUT2D eigenvalue weighted by atomic mass is 16.5. The van der Waals surface area contributed by atoms with E-state index in [9.17, 15) is 0 Å². The van der Waals surface area contributed by atoms with Crippen LogP contribution < -0.4 is 10.5 Å². The lowest BCUT2D eigenvalue weighted by Crippen LogP contribution is -2.41. The molecular formula is C17H29N3O. The molecule has 0 aliphatic carbocycles. The predicted octanol–water partition coefficient (Wildman–Crippen LogP) is 1.94. The van der Waals surface area contributed by atoms with E-state index in [0.29, 0.717) is 12.6 Å². The summed E-state index contributed by atoms with van der Waals surface area (Å²) in [7, 11) is 4.43. The van der Waals surface area contributed by atoms with Gasteiger partial charge in [0.1, 0.15) is 11.9 Å². The average molecular weight is 291 g/mol. The Morgan fingerprint density at radius 2 is 2.10 bits per heavy atom. The van der Waals surface area contributed by atoms with E-state index in [1.165, 1.54) is 31.5 Å². The van der Waals surface area contributed by atoms with Gasteiger partial charge in [0.15, 0.2) is 0 Å². The average Bonchev–Trinajstić information content (AvgIpc) is 2.48. The molecule has 2 N–H and O–H groups in total. The van der Waals surface area contributed by atoms with E-state index in [1.54, 1.807) is 0 Å². The largest absolute Gasteiger partial charge is 0.489 e. The molecule has 0 aromatic heterocycles. The summed E-state index contributed by atoms with van der Waals surface area (Å²) in [5.41, 5.74) is 6.91. The molecule has 1 saturated heterocycles. The van der Waals surface area contributed by atoms with E-state index in [4.69, 9.17) is 10.5 Å². The van der Waals surface area contributed by atoms with Crippen molar-refractivity contribution < 1.29 is 4.74 Å². The summed E-state index contributed by atoms with van der Waals surface area (Å²) in [4.78, 5) is 4.88. The molecule has 0 bridgehead atoms. The Morgan fingerprint density at radius 1 is 1.38 bits per heavy atom. The Morgan fingerprint density at radius 3 is 2.76 bits per heavy atom. The number of benzene rings is 1. The molecule has 1 atom stereocenters. The van der Waals surface area contributed by atoms with Crippen LogP contribution in [-0.4, -0.2) is 55.7 Å². The zero-order valence-electron chi connectivity index (χ0n) is 13.6. The Labute approximate surface area is 128 Å². The summed E-state index contributed by atoms with van der Waals surface area (Å²) >= 11 is 0. The number of ether oxygens (including phenoxy) is 1. The van der Waals surface area contributed by atoms with Gasteiger partial charge in [-0.2, -0.15) is 0 Å². The van der Waals surface area contributed by atoms with E-state index in [0.717, 1.165) is 12.3 Å². The van der Waals surface area contributed by atoms with Gasteiger partial charge in [0.05, 0.1) is 0 Å². The topological polar surface area (TPSA) is 41.7 Å². The van der Waals surface area contributed by atoms with Crippen LogP contribution in [0.2, 0.25) is 0 Å². The molecule has 4 nitrogen and oxygen atoms in total. The first-order chi connectivity index (χ1) is 10.1. The third-order valence-corrected chi connectivity index (χ3v) is 4.31. The van der Waals surface area contributed by atoms with Crippen LogP contribution in [0.15, 0.2) is 24.3 Å². The summed E-state index contributed by atoms with van der Waals surface area (Å²) in [5.74, 6) is 0.919. The van der Waals surface area contributed by atoms with Crippen LogP contribution in [0.5, 0.6) is 5.75 Å². The number of hydrogen-bond acceptors (Lipinski definition) is 4. The molecule has 1 aromatic rings. The van der Waals surface area contributed by atoms with Crippen molar-refractivity contribution in [3.63, 3.8) is 0 Å². The molecule has 1 aliphatic rings. The van der Waals surface area contributed by atoms with Crippen molar-refractivity contribution in [3.8, 4) is 5.75 Å². The van der Waals surface area contributed by atoms with Crippen molar-refractivity contribution in [1.29, 1.82) is 0 Å². The van der Waals surface area contributed by atoms with Gasteiger partial charge in [0.2, 0.25) is 0 Å². The molecule has 2 rings (SSSR count). The minimum atomic E-state index is 0.0619. The Hall–Kier alpha value is -1.10. The number of rotatable bonds is 6. The van der Waals surface area contributed by atoms with E-state index in [-0.39, 0.29) is 6.10 Å². The first-order valence-electron chi connectivity index (χ1n) is 7.93. The fraction of sp³-hybridized carbons (Fsp3) is 0.647. The standard InChI is InChI=1S/C17H29N3O/c1-14(12-18)21-17-6-4-5-15(11-17)13-20(3)16-7-9-19(2)10-8-16/h4-6,11,14,16H,7-10,12-13,18H2,1-3H3. The van der Waals surface area contributed by atoms with E-state index >= 15 is 0 Å². The van der Waals surface area contributed by atoms with Gasteiger partial charge in [-0.3, -0.25) is 4.90 Å². The Kier molecular flexibility index (Phi) is 6.03. The molecule has 1 heterocycles.